The van der Waals surface area contributed by atoms with Crippen LogP contribution in [-0.2, 0) is 23.8 Å². The van der Waals surface area contributed by atoms with Gasteiger partial charge in [0.05, 0.1) is 37.4 Å². The van der Waals surface area contributed by atoms with Crippen LogP contribution in [0.4, 0.5) is 17.2 Å². The summed E-state index contributed by atoms with van der Waals surface area (Å²) in [4.78, 5) is 35.8. The number of hydrogen-bond acceptors (Lipinski definition) is 7. The minimum absolute atomic E-state index is 0.140. The third-order valence-electron chi connectivity index (χ3n) is 9.46. The van der Waals surface area contributed by atoms with Gasteiger partial charge in [-0.25, -0.2) is 4.98 Å². The second-order valence-corrected chi connectivity index (χ2v) is 12.4. The van der Waals surface area contributed by atoms with Crippen molar-refractivity contribution in [3.05, 3.63) is 111 Å². The fourth-order valence-corrected chi connectivity index (χ4v) is 6.32. The lowest BCUT2D eigenvalue weighted by Gasteiger charge is -2.29. The van der Waals surface area contributed by atoms with Crippen LogP contribution in [0.25, 0.3) is 27.6 Å². The summed E-state index contributed by atoms with van der Waals surface area (Å²) in [6.07, 6.45) is 7.71. The molecule has 5 aromatic rings. The average molecular weight is 604 g/mol. The summed E-state index contributed by atoms with van der Waals surface area (Å²) in [7, 11) is 3.54. The molecule has 2 fully saturated rings. The van der Waals surface area contributed by atoms with Crippen LogP contribution in [-0.4, -0.2) is 52.6 Å². The van der Waals surface area contributed by atoms with E-state index < -0.39 is 0 Å². The zero-order valence-electron chi connectivity index (χ0n) is 25.9. The molecule has 1 saturated carbocycles. The van der Waals surface area contributed by atoms with Gasteiger partial charge in [-0.15, -0.1) is 0 Å². The Balaban J connectivity index is 1.26. The van der Waals surface area contributed by atoms with Crippen LogP contribution in [0.2, 0.25) is 0 Å². The number of hydrogen-bond donors (Lipinski definition) is 1. The van der Waals surface area contributed by atoms with E-state index in [1.54, 1.807) is 28.9 Å². The van der Waals surface area contributed by atoms with Gasteiger partial charge in [-0.3, -0.25) is 14.2 Å². The molecule has 1 N–H and O–H groups in total. The van der Waals surface area contributed by atoms with Crippen LogP contribution < -0.4 is 20.9 Å². The van der Waals surface area contributed by atoms with Gasteiger partial charge in [0.1, 0.15) is 11.5 Å². The van der Waals surface area contributed by atoms with Crippen LogP contribution in [0.3, 0.4) is 0 Å². The smallest absolute Gasteiger partial charge is 0.274 e. The van der Waals surface area contributed by atoms with E-state index in [0.717, 1.165) is 35.3 Å². The highest BCUT2D eigenvalue weighted by Crippen LogP contribution is 2.48. The molecule has 0 spiro atoms. The normalized spacial score (nSPS) is 15.8. The van der Waals surface area contributed by atoms with Crippen molar-refractivity contribution in [3.8, 4) is 16.8 Å². The Morgan fingerprint density at radius 2 is 1.80 bits per heavy atom. The first-order chi connectivity index (χ1) is 21.8. The van der Waals surface area contributed by atoms with Crippen LogP contribution in [0, 0.1) is 0 Å². The number of ether oxygens (including phenoxy) is 1. The minimum Gasteiger partial charge on any atom is -0.392 e. The number of pyridine rings is 3. The van der Waals surface area contributed by atoms with Crippen molar-refractivity contribution in [2.24, 2.45) is 7.05 Å². The topological polar surface area (TPSA) is 92.8 Å². The molecule has 2 aliphatic rings. The molecule has 9 nitrogen and oxygen atoms in total. The van der Waals surface area contributed by atoms with E-state index >= 15 is 0 Å². The zero-order chi connectivity index (χ0) is 31.3. The van der Waals surface area contributed by atoms with E-state index in [4.69, 9.17) is 4.74 Å². The molecule has 7 rings (SSSR count). The molecule has 1 aliphatic heterocycles. The standard InChI is InChI=1S/C36H37N5O4/c1-36(12-13-36)26-7-9-29-24(19-26)11-14-41(34(29)43)31-6-4-5-28(30(31)23-42)25-20-32(35(44)38(2)22-25)39(3)33-10-8-27(21-37-33)40-15-17-45-18-16-40/h4-11,14,19-22,42H,12-13,15-18,23H2,1-3H3. The van der Waals surface area contributed by atoms with Crippen LogP contribution >= 0.6 is 0 Å². The van der Waals surface area contributed by atoms with Gasteiger partial charge < -0.3 is 24.2 Å². The summed E-state index contributed by atoms with van der Waals surface area (Å²) >= 11 is 0. The molecule has 9 heteroatoms. The number of aliphatic hydroxyl groups excluding tert-OH is 1. The summed E-state index contributed by atoms with van der Waals surface area (Å²) in [6.45, 7) is 4.99. The van der Waals surface area contributed by atoms with Crippen molar-refractivity contribution in [3.63, 3.8) is 0 Å². The predicted octanol–water partition coefficient (Wildman–Crippen LogP) is 4.90. The summed E-state index contributed by atoms with van der Waals surface area (Å²) in [6, 6.07) is 19.5. The zero-order valence-corrected chi connectivity index (χ0v) is 25.9. The highest BCUT2D eigenvalue weighted by molar-refractivity contribution is 5.83. The number of rotatable bonds is 7. The van der Waals surface area contributed by atoms with Crippen molar-refractivity contribution >= 4 is 28.0 Å². The molecule has 1 saturated heterocycles. The Bertz CT molecular complexity index is 2020. The van der Waals surface area contributed by atoms with E-state index in [2.05, 4.69) is 28.9 Å². The van der Waals surface area contributed by atoms with Gasteiger partial charge in [0.2, 0.25) is 0 Å². The lowest BCUT2D eigenvalue weighted by molar-refractivity contribution is 0.122. The first-order valence-electron chi connectivity index (χ1n) is 15.4. The van der Waals surface area contributed by atoms with E-state index in [0.29, 0.717) is 41.4 Å². The van der Waals surface area contributed by atoms with Crippen molar-refractivity contribution in [1.29, 1.82) is 0 Å². The number of morpholine rings is 1. The van der Waals surface area contributed by atoms with Gasteiger partial charge in [0.25, 0.3) is 11.1 Å². The second-order valence-electron chi connectivity index (χ2n) is 12.4. The van der Waals surface area contributed by atoms with Crippen molar-refractivity contribution < 1.29 is 9.84 Å². The SMILES string of the molecule is CN(c1ccc(N2CCOCC2)cn1)c1cc(-c2cccc(-n3ccc4cc(C5(C)CC5)ccc4c3=O)c2CO)cn(C)c1=O. The molecule has 3 aromatic heterocycles. The van der Waals surface area contributed by atoms with Gasteiger partial charge >= 0.3 is 0 Å². The summed E-state index contributed by atoms with van der Waals surface area (Å²) in [5.74, 6) is 0.638. The second kappa shape index (κ2) is 11.3. The number of aromatic nitrogens is 3. The molecule has 45 heavy (non-hydrogen) atoms. The molecule has 2 aromatic carbocycles. The maximum absolute atomic E-state index is 13.8. The fraction of sp³-hybridized carbons (Fsp3) is 0.306. The number of fused-ring (bicyclic) bond motifs is 1. The first kappa shape index (κ1) is 29.0. The highest BCUT2D eigenvalue weighted by atomic mass is 16.5. The number of aliphatic hydroxyl groups is 1. The lowest BCUT2D eigenvalue weighted by Crippen LogP contribution is -2.36. The Kier molecular flexibility index (Phi) is 7.30. The molecular weight excluding hydrogens is 566 g/mol. The summed E-state index contributed by atoms with van der Waals surface area (Å²) in [5.41, 5.74) is 5.31. The van der Waals surface area contributed by atoms with E-state index in [-0.39, 0.29) is 23.1 Å². The van der Waals surface area contributed by atoms with Crippen molar-refractivity contribution in [1.82, 2.24) is 14.1 Å². The molecule has 0 amide bonds. The monoisotopic (exact) mass is 603 g/mol. The molecule has 0 unspecified atom stereocenters. The Morgan fingerprint density at radius 1 is 1.00 bits per heavy atom. The summed E-state index contributed by atoms with van der Waals surface area (Å²) < 4.78 is 8.60. The van der Waals surface area contributed by atoms with Crippen molar-refractivity contribution in [2.75, 3.05) is 43.2 Å². The average Bonchev–Trinajstić information content (AvgIpc) is 3.84. The molecule has 4 heterocycles. The number of aryl methyl sites for hydroxylation is 1. The third-order valence-corrected chi connectivity index (χ3v) is 9.46. The molecule has 1 aliphatic carbocycles. The predicted molar refractivity (Wildman–Crippen MR) is 178 cm³/mol. The maximum Gasteiger partial charge on any atom is 0.274 e. The molecule has 0 atom stereocenters. The van der Waals surface area contributed by atoms with E-state index in [1.807, 2.05) is 61.8 Å². The van der Waals surface area contributed by atoms with E-state index in [9.17, 15) is 14.7 Å². The molecule has 230 valence electrons. The molecule has 0 radical (unpaired) electrons. The lowest BCUT2D eigenvalue weighted by atomic mass is 9.96. The fourth-order valence-electron chi connectivity index (χ4n) is 6.32. The Labute approximate surface area is 261 Å². The molecule has 0 bridgehead atoms. The maximum atomic E-state index is 13.8. The van der Waals surface area contributed by atoms with Gasteiger partial charge in [0, 0.05) is 56.1 Å². The highest BCUT2D eigenvalue weighted by Gasteiger charge is 2.39. The van der Waals surface area contributed by atoms with Crippen LogP contribution in [0.15, 0.2) is 88.8 Å². The molecular formula is C36H37N5O4. The van der Waals surface area contributed by atoms with Gasteiger partial charge in [-0.05, 0) is 71.2 Å². The van der Waals surface area contributed by atoms with Crippen molar-refractivity contribution in [2.45, 2.75) is 31.8 Å². The van der Waals surface area contributed by atoms with Crippen LogP contribution in [0.1, 0.15) is 30.9 Å². The minimum atomic E-state index is -0.286. The number of anilines is 3. The van der Waals surface area contributed by atoms with Gasteiger partial charge in [0.15, 0.2) is 0 Å². The first-order valence-corrected chi connectivity index (χ1v) is 15.4. The Hall–Kier alpha value is -4.73. The number of nitrogens with zero attached hydrogens (tertiary/aromatic N) is 5. The number of benzene rings is 2. The van der Waals surface area contributed by atoms with Crippen LogP contribution in [0.5, 0.6) is 0 Å². The largest absolute Gasteiger partial charge is 0.392 e. The van der Waals surface area contributed by atoms with Gasteiger partial charge in [-0.1, -0.05) is 31.2 Å². The summed E-state index contributed by atoms with van der Waals surface area (Å²) in [5, 5.41) is 12.2. The quantitative estimate of drug-likeness (QED) is 0.283. The third kappa shape index (κ3) is 5.22. The van der Waals surface area contributed by atoms with E-state index in [1.165, 1.54) is 23.0 Å². The Morgan fingerprint density at radius 3 is 2.51 bits per heavy atom. The van der Waals surface area contributed by atoms with Gasteiger partial charge in [-0.2, -0.15) is 0 Å².